The van der Waals surface area contributed by atoms with E-state index in [4.69, 9.17) is 16.5 Å². The molecule has 1 fully saturated rings. The highest BCUT2D eigenvalue weighted by Gasteiger charge is 2.19. The molecular formula is C20H21N9. The summed E-state index contributed by atoms with van der Waals surface area (Å²) in [6.45, 7) is 1.78. The molecule has 0 radical (unpaired) electrons. The summed E-state index contributed by atoms with van der Waals surface area (Å²) in [5.41, 5.74) is 15.9. The van der Waals surface area contributed by atoms with Gasteiger partial charge in [-0.15, -0.1) is 0 Å². The Morgan fingerprint density at radius 2 is 1.79 bits per heavy atom. The smallest absolute Gasteiger partial charge is 0.219 e. The second kappa shape index (κ2) is 7.10. The summed E-state index contributed by atoms with van der Waals surface area (Å²) in [5.74, 6) is 1.11. The summed E-state index contributed by atoms with van der Waals surface area (Å²) in [5, 5.41) is 8.54. The molecule has 4 aromatic rings. The van der Waals surface area contributed by atoms with Crippen molar-refractivity contribution < 1.29 is 0 Å². The minimum absolute atomic E-state index is 0.254. The Hall–Kier alpha value is -3.59. The lowest BCUT2D eigenvalue weighted by atomic mass is 10.0. The van der Waals surface area contributed by atoms with Crippen LogP contribution in [0, 0.1) is 0 Å². The Bertz CT molecular complexity index is 1140. The Morgan fingerprint density at radius 1 is 1.00 bits per heavy atom. The molecule has 0 aliphatic carbocycles. The van der Waals surface area contributed by atoms with E-state index >= 15 is 0 Å². The van der Waals surface area contributed by atoms with E-state index in [1.807, 2.05) is 12.1 Å². The third kappa shape index (κ3) is 3.36. The molecule has 5 rings (SSSR count). The van der Waals surface area contributed by atoms with Crippen molar-refractivity contribution in [3.8, 4) is 22.5 Å². The number of fused-ring (bicyclic) bond motifs is 1. The highest BCUT2D eigenvalue weighted by molar-refractivity contribution is 5.94. The van der Waals surface area contributed by atoms with Crippen LogP contribution in [-0.4, -0.2) is 49.3 Å². The number of aromatic amines is 1. The number of nitrogens with two attached hydrogens (primary N) is 2. The van der Waals surface area contributed by atoms with Crippen LogP contribution in [0.1, 0.15) is 12.8 Å². The zero-order chi connectivity index (χ0) is 19.8. The maximum absolute atomic E-state index is 6.02. The lowest BCUT2D eigenvalue weighted by Crippen LogP contribution is -2.40. The molecule has 1 aromatic carbocycles. The van der Waals surface area contributed by atoms with E-state index in [1.54, 1.807) is 24.8 Å². The fourth-order valence-electron chi connectivity index (χ4n) is 3.63. The van der Waals surface area contributed by atoms with Gasteiger partial charge in [0.1, 0.15) is 17.2 Å². The highest BCUT2D eigenvalue weighted by Crippen LogP contribution is 2.30. The van der Waals surface area contributed by atoms with E-state index in [9.17, 15) is 0 Å². The van der Waals surface area contributed by atoms with Crippen LogP contribution < -0.4 is 16.4 Å². The van der Waals surface area contributed by atoms with Crippen molar-refractivity contribution in [2.45, 2.75) is 18.9 Å². The molecule has 1 aliphatic heterocycles. The second-order valence-corrected chi connectivity index (χ2v) is 7.25. The first kappa shape index (κ1) is 17.5. The highest BCUT2D eigenvalue weighted by atomic mass is 15.2. The van der Waals surface area contributed by atoms with Gasteiger partial charge in [-0.1, -0.05) is 6.07 Å². The monoisotopic (exact) mass is 387 g/mol. The van der Waals surface area contributed by atoms with Crippen molar-refractivity contribution in [1.82, 2.24) is 30.1 Å². The molecule has 0 saturated carbocycles. The van der Waals surface area contributed by atoms with Crippen LogP contribution in [0.5, 0.6) is 0 Å². The molecular weight excluding hydrogens is 366 g/mol. The summed E-state index contributed by atoms with van der Waals surface area (Å²) in [6, 6.07) is 6.31. The zero-order valence-corrected chi connectivity index (χ0v) is 15.8. The predicted molar refractivity (Wildman–Crippen MR) is 112 cm³/mol. The average Bonchev–Trinajstić information content (AvgIpc) is 3.18. The molecule has 0 unspecified atom stereocenters. The Labute approximate surface area is 167 Å². The van der Waals surface area contributed by atoms with Gasteiger partial charge >= 0.3 is 0 Å². The zero-order valence-electron chi connectivity index (χ0n) is 15.8. The first-order chi connectivity index (χ1) is 14.2. The average molecular weight is 387 g/mol. The summed E-state index contributed by atoms with van der Waals surface area (Å²) >= 11 is 0. The molecule has 29 heavy (non-hydrogen) atoms. The first-order valence-electron chi connectivity index (χ1n) is 9.56. The summed E-state index contributed by atoms with van der Waals surface area (Å²) in [6.07, 6.45) is 8.89. The number of hydrogen-bond donors (Lipinski definition) is 3. The number of rotatable bonds is 3. The number of nitrogens with zero attached hydrogens (tertiary/aromatic N) is 6. The van der Waals surface area contributed by atoms with E-state index in [0.717, 1.165) is 65.2 Å². The Balaban J connectivity index is 1.52. The van der Waals surface area contributed by atoms with Gasteiger partial charge in [-0.3, -0.25) is 10.1 Å². The number of H-pyrrole nitrogens is 1. The number of nitrogen functional groups attached to an aromatic ring is 1. The standard InChI is InChI=1S/C20H21N9/c21-14-3-5-29(6-4-14)18-11-23-10-17(26-18)19-15-7-12(1-2-16(15)27-28-19)13-8-24-20(22)25-9-13/h1-2,7-11,14H,3-6,21H2,(H,27,28)(H2,22,24,25). The predicted octanol–water partition coefficient (Wildman–Crippen LogP) is 1.99. The van der Waals surface area contributed by atoms with Crippen molar-refractivity contribution in [1.29, 1.82) is 0 Å². The first-order valence-corrected chi connectivity index (χ1v) is 9.56. The van der Waals surface area contributed by atoms with Gasteiger partial charge in [-0.25, -0.2) is 15.0 Å². The van der Waals surface area contributed by atoms with Crippen LogP contribution in [-0.2, 0) is 0 Å². The summed E-state index contributed by atoms with van der Waals surface area (Å²) in [4.78, 5) is 19.6. The second-order valence-electron chi connectivity index (χ2n) is 7.25. The van der Waals surface area contributed by atoms with Crippen molar-refractivity contribution in [2.24, 2.45) is 5.73 Å². The van der Waals surface area contributed by atoms with E-state index in [1.165, 1.54) is 0 Å². The lowest BCUT2D eigenvalue weighted by Gasteiger charge is -2.30. The molecule has 9 nitrogen and oxygen atoms in total. The van der Waals surface area contributed by atoms with E-state index in [0.29, 0.717) is 0 Å². The largest absolute Gasteiger partial charge is 0.368 e. The molecule has 4 heterocycles. The summed E-state index contributed by atoms with van der Waals surface area (Å²) < 4.78 is 0. The van der Waals surface area contributed by atoms with Gasteiger partial charge in [-0.2, -0.15) is 5.10 Å². The molecule has 5 N–H and O–H groups in total. The van der Waals surface area contributed by atoms with Gasteiger partial charge in [0.05, 0.1) is 17.9 Å². The van der Waals surface area contributed by atoms with E-state index in [-0.39, 0.29) is 12.0 Å². The molecule has 1 saturated heterocycles. The van der Waals surface area contributed by atoms with Crippen LogP contribution in [0.2, 0.25) is 0 Å². The van der Waals surface area contributed by atoms with Gasteiger partial charge in [0, 0.05) is 42.5 Å². The molecule has 0 atom stereocenters. The normalized spacial score (nSPS) is 15.1. The van der Waals surface area contributed by atoms with E-state index < -0.39 is 0 Å². The number of anilines is 2. The van der Waals surface area contributed by atoms with Gasteiger partial charge in [0.15, 0.2) is 0 Å². The van der Waals surface area contributed by atoms with Crippen LogP contribution >= 0.6 is 0 Å². The Morgan fingerprint density at radius 3 is 2.59 bits per heavy atom. The van der Waals surface area contributed by atoms with Crippen molar-refractivity contribution >= 4 is 22.7 Å². The molecule has 0 amide bonds. The molecule has 9 heteroatoms. The van der Waals surface area contributed by atoms with Gasteiger partial charge in [-0.05, 0) is 30.5 Å². The van der Waals surface area contributed by atoms with Crippen molar-refractivity contribution in [3.05, 3.63) is 43.0 Å². The number of nitrogens with one attached hydrogen (secondary N) is 1. The van der Waals surface area contributed by atoms with Crippen LogP contribution in [0.3, 0.4) is 0 Å². The maximum Gasteiger partial charge on any atom is 0.219 e. The maximum atomic E-state index is 6.02. The van der Waals surface area contributed by atoms with E-state index in [2.05, 4.69) is 36.1 Å². The third-order valence-corrected chi connectivity index (χ3v) is 5.30. The summed E-state index contributed by atoms with van der Waals surface area (Å²) in [7, 11) is 0. The van der Waals surface area contributed by atoms with Crippen LogP contribution in [0.4, 0.5) is 11.8 Å². The quantitative estimate of drug-likeness (QED) is 0.485. The third-order valence-electron chi connectivity index (χ3n) is 5.30. The number of aromatic nitrogens is 6. The topological polar surface area (TPSA) is 136 Å². The van der Waals surface area contributed by atoms with Crippen LogP contribution in [0.15, 0.2) is 43.0 Å². The van der Waals surface area contributed by atoms with Gasteiger partial charge in [0.25, 0.3) is 0 Å². The fraction of sp³-hybridized carbons (Fsp3) is 0.250. The number of hydrogen-bond acceptors (Lipinski definition) is 8. The molecule has 3 aromatic heterocycles. The number of piperidine rings is 1. The van der Waals surface area contributed by atoms with Gasteiger partial charge in [0.2, 0.25) is 5.95 Å². The van der Waals surface area contributed by atoms with Gasteiger partial charge < -0.3 is 16.4 Å². The minimum atomic E-state index is 0.254. The molecule has 0 spiro atoms. The van der Waals surface area contributed by atoms with Crippen molar-refractivity contribution in [2.75, 3.05) is 23.7 Å². The lowest BCUT2D eigenvalue weighted by molar-refractivity contribution is 0.498. The Kier molecular flexibility index (Phi) is 4.28. The molecule has 0 bridgehead atoms. The van der Waals surface area contributed by atoms with Crippen molar-refractivity contribution in [3.63, 3.8) is 0 Å². The SMILES string of the molecule is Nc1ncc(-c2ccc3[nH]nc(-c4cncc(N5CCC(N)CC5)n4)c3c2)cn1. The molecule has 1 aliphatic rings. The number of benzene rings is 1. The fourth-order valence-corrected chi connectivity index (χ4v) is 3.63. The molecule has 146 valence electrons. The minimum Gasteiger partial charge on any atom is -0.368 e. The van der Waals surface area contributed by atoms with Crippen LogP contribution in [0.25, 0.3) is 33.4 Å².